The van der Waals surface area contributed by atoms with Crippen molar-refractivity contribution in [2.75, 3.05) is 13.1 Å². The zero-order valence-electron chi connectivity index (χ0n) is 7.26. The second kappa shape index (κ2) is 3.51. The molecular formula is C9H11N3O. The maximum Gasteiger partial charge on any atom is 0.0524 e. The first-order chi connectivity index (χ1) is 6.40. The molecule has 1 atom stereocenters. The lowest BCUT2D eigenvalue weighted by Gasteiger charge is -2.08. The molecule has 1 aliphatic heterocycles. The van der Waals surface area contributed by atoms with Crippen LogP contribution in [0.1, 0.15) is 17.9 Å². The van der Waals surface area contributed by atoms with Gasteiger partial charge in [0.1, 0.15) is 0 Å². The molecule has 1 saturated heterocycles. The summed E-state index contributed by atoms with van der Waals surface area (Å²) in [7, 11) is 0. The number of nitrogens with zero attached hydrogens (tertiary/aromatic N) is 3. The highest BCUT2D eigenvalue weighted by molar-refractivity contribution is 5.16. The minimum absolute atomic E-state index is 0.423. The molecule has 4 nitrogen and oxygen atoms in total. The second-order valence-electron chi connectivity index (χ2n) is 3.27. The number of nitroso groups, excluding NO2 is 1. The Morgan fingerprint density at radius 2 is 2.54 bits per heavy atom. The van der Waals surface area contributed by atoms with Gasteiger partial charge in [-0.15, -0.1) is 4.91 Å². The Bertz CT molecular complexity index is 288. The summed E-state index contributed by atoms with van der Waals surface area (Å²) in [6, 6.07) is 3.97. The van der Waals surface area contributed by atoms with Gasteiger partial charge in [0.2, 0.25) is 0 Å². The molecule has 1 fully saturated rings. The molecule has 4 heteroatoms. The fourth-order valence-corrected chi connectivity index (χ4v) is 1.71. The highest BCUT2D eigenvalue weighted by atomic mass is 16.3. The second-order valence-corrected chi connectivity index (χ2v) is 3.27. The third-order valence-corrected chi connectivity index (χ3v) is 2.44. The Balaban J connectivity index is 2.08. The molecule has 1 aromatic rings. The molecule has 0 spiro atoms. The molecule has 2 rings (SSSR count). The van der Waals surface area contributed by atoms with Gasteiger partial charge in [-0.2, -0.15) is 0 Å². The fraction of sp³-hybridized carbons (Fsp3) is 0.444. The van der Waals surface area contributed by atoms with E-state index in [2.05, 4.69) is 10.3 Å². The summed E-state index contributed by atoms with van der Waals surface area (Å²) in [5.41, 5.74) is 1.20. The van der Waals surface area contributed by atoms with Crippen molar-refractivity contribution in [2.24, 2.45) is 5.29 Å². The van der Waals surface area contributed by atoms with Crippen LogP contribution in [0, 0.1) is 4.91 Å². The van der Waals surface area contributed by atoms with Crippen LogP contribution >= 0.6 is 0 Å². The standard InChI is InChI=1S/C9H11N3O/c13-11-12-5-3-9(7-12)8-2-1-4-10-6-8/h1-2,4,6,9H,3,5,7H2. The molecule has 2 heterocycles. The van der Waals surface area contributed by atoms with Crippen LogP contribution in [0.25, 0.3) is 0 Å². The van der Waals surface area contributed by atoms with Crippen LogP contribution in [0.4, 0.5) is 0 Å². The van der Waals surface area contributed by atoms with Crippen LogP contribution in [0.2, 0.25) is 0 Å². The average molecular weight is 177 g/mol. The number of aromatic nitrogens is 1. The molecule has 0 radical (unpaired) electrons. The molecule has 0 saturated carbocycles. The van der Waals surface area contributed by atoms with E-state index in [0.717, 1.165) is 19.5 Å². The van der Waals surface area contributed by atoms with Gasteiger partial charge in [-0.25, -0.2) is 0 Å². The van der Waals surface area contributed by atoms with Crippen LogP contribution in [0.5, 0.6) is 0 Å². The van der Waals surface area contributed by atoms with E-state index in [1.807, 2.05) is 18.3 Å². The lowest BCUT2D eigenvalue weighted by molar-refractivity contribution is 0.350. The van der Waals surface area contributed by atoms with Gasteiger partial charge in [-0.3, -0.25) is 9.99 Å². The van der Waals surface area contributed by atoms with Crippen LogP contribution in [0.3, 0.4) is 0 Å². The monoisotopic (exact) mass is 177 g/mol. The van der Waals surface area contributed by atoms with Gasteiger partial charge >= 0.3 is 0 Å². The van der Waals surface area contributed by atoms with Crippen LogP contribution in [-0.2, 0) is 0 Å². The van der Waals surface area contributed by atoms with Gasteiger partial charge in [0.05, 0.1) is 5.29 Å². The Labute approximate surface area is 76.5 Å². The largest absolute Gasteiger partial charge is 0.264 e. The van der Waals surface area contributed by atoms with Crippen LogP contribution in [0.15, 0.2) is 29.8 Å². The predicted molar refractivity (Wildman–Crippen MR) is 49.0 cm³/mol. The van der Waals surface area contributed by atoms with E-state index in [4.69, 9.17) is 0 Å². The minimum Gasteiger partial charge on any atom is -0.264 e. The zero-order valence-corrected chi connectivity index (χ0v) is 7.26. The summed E-state index contributed by atoms with van der Waals surface area (Å²) in [4.78, 5) is 14.3. The highest BCUT2D eigenvalue weighted by Gasteiger charge is 2.23. The Kier molecular flexibility index (Phi) is 2.21. The molecule has 68 valence electrons. The first kappa shape index (κ1) is 8.16. The Morgan fingerprint density at radius 1 is 1.62 bits per heavy atom. The van der Waals surface area contributed by atoms with Crippen LogP contribution < -0.4 is 0 Å². The quantitative estimate of drug-likeness (QED) is 0.644. The minimum atomic E-state index is 0.423. The van der Waals surface area contributed by atoms with Crippen molar-refractivity contribution >= 4 is 0 Å². The molecule has 0 amide bonds. The van der Waals surface area contributed by atoms with Gasteiger partial charge < -0.3 is 0 Å². The zero-order chi connectivity index (χ0) is 9.10. The molecule has 0 bridgehead atoms. The van der Waals surface area contributed by atoms with Gasteiger partial charge in [-0.05, 0) is 18.1 Å². The molecule has 1 aromatic heterocycles. The van der Waals surface area contributed by atoms with E-state index < -0.39 is 0 Å². The van der Waals surface area contributed by atoms with Gasteiger partial charge in [0.25, 0.3) is 0 Å². The van der Waals surface area contributed by atoms with E-state index in [1.54, 1.807) is 11.2 Å². The van der Waals surface area contributed by atoms with E-state index in [9.17, 15) is 4.91 Å². The maximum absolute atomic E-state index is 10.2. The van der Waals surface area contributed by atoms with Crippen molar-refractivity contribution < 1.29 is 0 Å². The summed E-state index contributed by atoms with van der Waals surface area (Å²) in [6.07, 6.45) is 4.62. The summed E-state index contributed by atoms with van der Waals surface area (Å²) < 4.78 is 0. The molecule has 0 aromatic carbocycles. The van der Waals surface area contributed by atoms with Crippen LogP contribution in [-0.4, -0.2) is 23.1 Å². The topological polar surface area (TPSA) is 45.6 Å². The third kappa shape index (κ3) is 1.66. The molecule has 0 N–H and O–H groups in total. The maximum atomic E-state index is 10.2. The average Bonchev–Trinajstić information content (AvgIpc) is 2.67. The van der Waals surface area contributed by atoms with Crippen molar-refractivity contribution in [1.29, 1.82) is 0 Å². The fourth-order valence-electron chi connectivity index (χ4n) is 1.71. The molecular weight excluding hydrogens is 166 g/mol. The molecule has 1 unspecified atom stereocenters. The van der Waals surface area contributed by atoms with Crippen molar-refractivity contribution in [3.63, 3.8) is 0 Å². The predicted octanol–water partition coefficient (Wildman–Crippen LogP) is 1.55. The lowest BCUT2D eigenvalue weighted by Crippen LogP contribution is -2.11. The number of pyridine rings is 1. The van der Waals surface area contributed by atoms with Gasteiger partial charge in [-0.1, -0.05) is 6.07 Å². The van der Waals surface area contributed by atoms with Gasteiger partial charge in [0, 0.05) is 31.4 Å². The van der Waals surface area contributed by atoms with E-state index in [0.29, 0.717) is 5.92 Å². The van der Waals surface area contributed by atoms with Crippen molar-refractivity contribution in [3.05, 3.63) is 35.0 Å². The van der Waals surface area contributed by atoms with E-state index in [-0.39, 0.29) is 0 Å². The van der Waals surface area contributed by atoms with Crippen molar-refractivity contribution in [3.8, 4) is 0 Å². The molecule has 13 heavy (non-hydrogen) atoms. The summed E-state index contributed by atoms with van der Waals surface area (Å²) in [5, 5.41) is 4.49. The lowest BCUT2D eigenvalue weighted by atomic mass is 10.0. The van der Waals surface area contributed by atoms with Crippen molar-refractivity contribution in [2.45, 2.75) is 12.3 Å². The molecule has 0 aliphatic carbocycles. The first-order valence-corrected chi connectivity index (χ1v) is 4.38. The third-order valence-electron chi connectivity index (χ3n) is 2.44. The summed E-state index contributed by atoms with van der Waals surface area (Å²) in [6.45, 7) is 1.50. The summed E-state index contributed by atoms with van der Waals surface area (Å²) in [5.74, 6) is 0.423. The van der Waals surface area contributed by atoms with E-state index >= 15 is 0 Å². The number of hydrogen-bond acceptors (Lipinski definition) is 3. The Hall–Kier alpha value is -1.45. The highest BCUT2D eigenvalue weighted by Crippen LogP contribution is 2.26. The normalized spacial score (nSPS) is 21.8. The van der Waals surface area contributed by atoms with Crippen molar-refractivity contribution in [1.82, 2.24) is 9.99 Å². The SMILES string of the molecule is O=NN1CCC(c2cccnc2)C1. The number of hydrogen-bond donors (Lipinski definition) is 0. The van der Waals surface area contributed by atoms with E-state index in [1.165, 1.54) is 5.56 Å². The number of rotatable bonds is 2. The van der Waals surface area contributed by atoms with Gasteiger partial charge in [0.15, 0.2) is 0 Å². The first-order valence-electron chi connectivity index (χ1n) is 4.38. The molecule has 1 aliphatic rings. The smallest absolute Gasteiger partial charge is 0.0524 e. The summed E-state index contributed by atoms with van der Waals surface area (Å²) >= 11 is 0. The Morgan fingerprint density at radius 3 is 3.15 bits per heavy atom.